The van der Waals surface area contributed by atoms with Gasteiger partial charge in [0, 0.05) is 84.5 Å². The van der Waals surface area contributed by atoms with E-state index in [1.54, 1.807) is 13.8 Å². The lowest BCUT2D eigenvalue weighted by atomic mass is 9.92. The van der Waals surface area contributed by atoms with Gasteiger partial charge in [0.05, 0.1) is 136 Å². The fourth-order valence-corrected chi connectivity index (χ4v) is 17.8. The second-order valence-electron chi connectivity index (χ2n) is 31.5. The maximum absolute atomic E-state index is 13.8. The van der Waals surface area contributed by atoms with E-state index in [1.807, 2.05) is 0 Å². The Morgan fingerprint density at radius 2 is 0.858 bits per heavy atom. The summed E-state index contributed by atoms with van der Waals surface area (Å²) in [6.45, 7) is -3.14. The van der Waals surface area contributed by atoms with Crippen molar-refractivity contribution in [2.24, 2.45) is 23.2 Å². The van der Waals surface area contributed by atoms with Gasteiger partial charge in [0.1, 0.15) is 79.0 Å². The molecule has 52 nitrogen and oxygen atoms in total. The molecule has 4 aliphatic rings. The molecule has 792 valence electrons. The molecular weight excluding hydrogens is 1920 g/mol. The number of phosphoric acid groups is 5. The number of aliphatic hydroxyl groups is 9. The minimum atomic E-state index is -5.17. The first kappa shape index (κ1) is 128. The van der Waals surface area contributed by atoms with Gasteiger partial charge in [-0.2, -0.15) is 0 Å². The van der Waals surface area contributed by atoms with Crippen LogP contribution in [0, 0.1) is 23.2 Å². The number of phosphoric ester groups is 5. The monoisotopic (exact) mass is 2070 g/mol. The third kappa shape index (κ3) is 47.4. The molecule has 134 heavy (non-hydrogen) atoms. The lowest BCUT2D eigenvalue weighted by Gasteiger charge is -2.42. The number of ether oxygens (including phenoxy) is 13. The Morgan fingerprint density at radius 3 is 1.27 bits per heavy atom. The first-order valence-electron chi connectivity index (χ1n) is 42.7. The number of nitrogens with zero attached hydrogens (tertiary/aromatic N) is 4. The minimum Gasteiger partial charge on any atom is -0.394 e. The highest BCUT2D eigenvalue weighted by atomic mass is 31.2. The van der Waals surface area contributed by atoms with Gasteiger partial charge < -0.3 is 152 Å². The predicted molar refractivity (Wildman–Crippen MR) is 473 cm³/mol. The van der Waals surface area contributed by atoms with Crippen LogP contribution in [0.4, 0.5) is 5.82 Å². The van der Waals surface area contributed by atoms with Crippen molar-refractivity contribution < 1.29 is 219 Å². The minimum absolute atomic E-state index is 0. The van der Waals surface area contributed by atoms with E-state index in [4.69, 9.17) is 117 Å². The Balaban J connectivity index is 0.0000152. The highest BCUT2D eigenvalue weighted by Gasteiger charge is 2.48. The summed E-state index contributed by atoms with van der Waals surface area (Å²) in [4.78, 5) is 87.6. The predicted octanol–water partition coefficient (Wildman–Crippen LogP) is 4.35. The number of unbranched alkanes of at least 4 members (excludes halogenated alkanes) is 9. The van der Waals surface area contributed by atoms with Gasteiger partial charge in [-0.3, -0.25) is 59.2 Å². The van der Waals surface area contributed by atoms with Gasteiger partial charge in [0.2, 0.25) is 5.91 Å². The molecule has 13 unspecified atom stereocenters. The number of carbonyl (C=O) groups is 1. The number of hydrogen-bond donors (Lipinski definition) is 17. The number of aliphatic hydroxyl groups excluding tert-OH is 9. The van der Waals surface area contributed by atoms with Crippen LogP contribution >= 0.6 is 46.7 Å². The van der Waals surface area contributed by atoms with Gasteiger partial charge in [-0.05, 0) is 57.8 Å². The zero-order valence-electron chi connectivity index (χ0n) is 73.5. The second-order valence-corrected chi connectivity index (χ2v) is 40.6. The number of nitrogen functional groups attached to an aromatic ring is 1. The topological polar surface area (TPSA) is 726 Å². The molecule has 0 bridgehead atoms. The Labute approximate surface area is 782 Å². The van der Waals surface area contributed by atoms with Gasteiger partial charge >= 0.3 is 46.7 Å². The summed E-state index contributed by atoms with van der Waals surface area (Å²) in [6.07, 6.45) is -9.37. The van der Waals surface area contributed by atoms with Crippen molar-refractivity contribution >= 4 is 69.6 Å². The lowest BCUT2D eigenvalue weighted by Crippen LogP contribution is -2.64. The van der Waals surface area contributed by atoms with E-state index in [1.165, 1.54) is 31.3 Å². The highest BCUT2D eigenvalue weighted by molar-refractivity contribution is 7.52. The molecule has 0 aliphatic carbocycles. The largest absolute Gasteiger partial charge is 0.474 e. The molecule has 18 N–H and O–H groups in total. The first-order chi connectivity index (χ1) is 61.7. The summed E-state index contributed by atoms with van der Waals surface area (Å²) in [6, 6.07) is -1.13. The van der Waals surface area contributed by atoms with E-state index in [9.17, 15) is 108 Å². The van der Waals surface area contributed by atoms with Gasteiger partial charge in [-0.25, -0.2) is 37.8 Å². The van der Waals surface area contributed by atoms with E-state index < -0.39 is 247 Å². The lowest BCUT2D eigenvalue weighted by molar-refractivity contribution is -0.282. The SMILES string of the molecule is C.C.C.C.COCC(COCOP(=O)(O)OCC(COCCCOP(=O)(O)OCCCCCCO[C@@H]1OC(CO)[C@H](O)[C@H](O)C1C)(COCCCOP(=O)(O)OCCCCCCO[C@@H]1OC(CO)[C@H](O)[C@H](O)C1C)COCCCOP(=O)(O)OCCCCCCO[C@@H]1OC(CO)[C@H](O)[C@H](O)C1NC(C)=O)COCOP(=O)(O)O[C@H]1C[C@H](n2cnc3c(N)ncnc32)O[C@@H]1COP(C)(=O)O. The van der Waals surface area contributed by atoms with Gasteiger partial charge in [-0.1, -0.05) is 82.1 Å². The molecule has 4 saturated heterocycles. The molecule has 4 aliphatic heterocycles. The summed E-state index contributed by atoms with van der Waals surface area (Å²) >= 11 is 0. The Hall–Kier alpha value is -2.36. The normalized spacial score (nSPS) is 27.8. The maximum atomic E-state index is 13.8. The van der Waals surface area contributed by atoms with Crippen LogP contribution in [0.1, 0.15) is 159 Å². The van der Waals surface area contributed by atoms with Crippen LogP contribution < -0.4 is 11.1 Å². The Bertz CT molecular complexity index is 3700. The van der Waals surface area contributed by atoms with E-state index in [0.29, 0.717) is 77.0 Å². The summed E-state index contributed by atoms with van der Waals surface area (Å²) < 4.78 is 212. The van der Waals surface area contributed by atoms with Crippen molar-refractivity contribution in [3.63, 3.8) is 0 Å². The number of carbonyl (C=O) groups excluding carboxylic acids is 1. The van der Waals surface area contributed by atoms with Crippen LogP contribution in [0.15, 0.2) is 12.7 Å². The molecule has 0 saturated carbocycles. The summed E-state index contributed by atoms with van der Waals surface area (Å²) in [5, 5.41) is 92.9. The molecule has 1 amide bonds. The number of rotatable bonds is 73. The molecular formula is C76H152N6O46P6. The third-order valence-corrected chi connectivity index (χ3v) is 26.0. The van der Waals surface area contributed by atoms with Crippen LogP contribution in [0.25, 0.3) is 11.2 Å². The van der Waals surface area contributed by atoms with Crippen molar-refractivity contribution in [1.29, 1.82) is 0 Å². The van der Waals surface area contributed by atoms with Crippen LogP contribution in [0.3, 0.4) is 0 Å². The van der Waals surface area contributed by atoms with Crippen LogP contribution in [-0.2, 0) is 144 Å². The number of methoxy groups -OCH3 is 1. The van der Waals surface area contributed by atoms with Gasteiger partial charge in [0.25, 0.3) is 0 Å². The second kappa shape index (κ2) is 65.8. The quantitative estimate of drug-likeness (QED) is 0.0249. The van der Waals surface area contributed by atoms with Crippen molar-refractivity contribution in [3.05, 3.63) is 12.7 Å². The van der Waals surface area contributed by atoms with Crippen LogP contribution in [0.2, 0.25) is 0 Å². The van der Waals surface area contributed by atoms with E-state index >= 15 is 0 Å². The average Bonchev–Trinajstić information content (AvgIpc) is 1.66. The van der Waals surface area contributed by atoms with Crippen molar-refractivity contribution in [1.82, 2.24) is 24.8 Å². The molecule has 2 aromatic heterocycles. The van der Waals surface area contributed by atoms with Crippen molar-refractivity contribution in [3.8, 4) is 0 Å². The van der Waals surface area contributed by atoms with Crippen molar-refractivity contribution in [2.45, 2.75) is 251 Å². The maximum Gasteiger partial charge on any atom is 0.474 e. The molecule has 6 heterocycles. The zero-order valence-corrected chi connectivity index (χ0v) is 78.9. The smallest absolute Gasteiger partial charge is 0.394 e. The van der Waals surface area contributed by atoms with E-state index in [0.717, 1.165) is 6.66 Å². The number of fused-ring (bicyclic) bond motifs is 1. The molecule has 0 radical (unpaired) electrons. The number of aromatic nitrogens is 4. The Kier molecular flexibility index (Phi) is 62.7. The van der Waals surface area contributed by atoms with E-state index in [2.05, 4.69) is 20.3 Å². The number of amides is 1. The Morgan fingerprint density at radius 1 is 0.470 bits per heavy atom. The molecule has 0 spiro atoms. The fraction of sp³-hybridized carbons (Fsp3) is 0.921. The zero-order chi connectivity index (χ0) is 95.6. The molecule has 2 aromatic rings. The highest BCUT2D eigenvalue weighted by Crippen LogP contribution is 2.51. The van der Waals surface area contributed by atoms with Crippen LogP contribution in [-0.4, -0.2) is 372 Å². The molecule has 25 atom stereocenters. The van der Waals surface area contributed by atoms with Crippen LogP contribution in [0.5, 0.6) is 0 Å². The number of hydrogen-bond acceptors (Lipinski definition) is 44. The number of nitrogens with one attached hydrogen (secondary N) is 1. The standard InChI is InChI=1S/C72H136N6O46P6.4CH4/c1-49-61(83)63(85)54(34-79)121-69(49)107-24-12-6-9-15-27-110-126(91,92)113-30-18-21-102-41-72(42-103-22-19-31-114-127(93,94)111-28-16-10-7-13-25-108-70-50(2)62(84)64(86)55(35-80)122-70,43-104-23-20-32-115-128(95,96)112-29-17-11-8-14-26-109-71-59(77-51(3)82)66(88)65(87)56(36-81)123-71)44-117-129(97,98)118-47-105-38-52(37-101-4)39-106-48-119-130(99,100)124-53-33-58(120-57(53)40-116-125(5,89)90)78-46-76-60-67(73)74-45-75-68(60)78;;;;/h45-46,49-50,52-59,61-66,69-71,79-81,83-88H,6-44,47-48H2,1-5H3,(H,77,82)(H,89,90)(H,91,92)(H,93,94)(H,95,96)(H,97,98)(H,99,100)(H2,73,74,75);4*1H4/t49?,50?,52?,53-,54?,55?,56?,57+,58+,59?,61+,62+,63-,64-,65-,66+,69+,70+,71+,72?;;;;/m0..../s1. The van der Waals surface area contributed by atoms with Gasteiger partial charge in [-0.15, -0.1) is 0 Å². The summed E-state index contributed by atoms with van der Waals surface area (Å²) in [7, 11) is -26.8. The fourth-order valence-electron chi connectivity index (χ4n) is 13.4. The van der Waals surface area contributed by atoms with Gasteiger partial charge in [0.15, 0.2) is 43.9 Å². The summed E-state index contributed by atoms with van der Waals surface area (Å²) in [5.74, 6) is -2.31. The number of imidazole rings is 1. The molecule has 58 heteroatoms. The average molecular weight is 2070 g/mol. The molecule has 4 fully saturated rings. The van der Waals surface area contributed by atoms with Crippen molar-refractivity contribution in [2.75, 3.05) is 185 Å². The third-order valence-electron chi connectivity index (χ3n) is 20.5. The molecule has 0 aromatic carbocycles. The number of nitrogens with two attached hydrogens (primary N) is 1. The van der Waals surface area contributed by atoms with E-state index in [-0.39, 0.29) is 165 Å². The first-order valence-corrected chi connectivity index (χ1v) is 52.2. The number of anilines is 1. The summed E-state index contributed by atoms with van der Waals surface area (Å²) in [5.41, 5.74) is 4.81. The molecule has 6 rings (SSSR count).